The average molecular weight is 352 g/mol. The number of nitrogens with one attached hydrogen (secondary N) is 2. The van der Waals surface area contributed by atoms with Crippen LogP contribution in [0.15, 0.2) is 60.0 Å². The number of carbonyl (C=O) groups is 2. The lowest BCUT2D eigenvalue weighted by Crippen LogP contribution is -2.31. The van der Waals surface area contributed by atoms with Gasteiger partial charge in [-0.15, -0.1) is 11.3 Å². The van der Waals surface area contributed by atoms with Gasteiger partial charge in [0.1, 0.15) is 0 Å². The summed E-state index contributed by atoms with van der Waals surface area (Å²) in [6.07, 6.45) is 0.256. The fourth-order valence-electron chi connectivity index (χ4n) is 2.80. The normalized spacial score (nSPS) is 11.9. The van der Waals surface area contributed by atoms with Gasteiger partial charge in [-0.3, -0.25) is 9.59 Å². The molecule has 0 radical (unpaired) electrons. The maximum absolute atomic E-state index is 12.2. The number of carbonyl (C=O) groups excluding carboxylic acids is 2. The van der Waals surface area contributed by atoms with Crippen LogP contribution < -0.4 is 10.6 Å². The van der Waals surface area contributed by atoms with Gasteiger partial charge in [0.2, 0.25) is 5.91 Å². The third-order valence-corrected chi connectivity index (χ3v) is 4.92. The van der Waals surface area contributed by atoms with Gasteiger partial charge < -0.3 is 10.6 Å². The Balaban J connectivity index is 1.54. The molecule has 0 unspecified atom stereocenters. The highest BCUT2D eigenvalue weighted by Gasteiger charge is 2.13. The molecule has 0 saturated heterocycles. The molecule has 4 nitrogen and oxygen atoms in total. The minimum atomic E-state index is -0.134. The van der Waals surface area contributed by atoms with Crippen LogP contribution in [0.1, 0.15) is 34.6 Å². The quantitative estimate of drug-likeness (QED) is 0.707. The molecule has 2 N–H and O–H groups in total. The molecule has 3 aromatic rings. The minimum absolute atomic E-state index is 0.0769. The van der Waals surface area contributed by atoms with Crippen LogP contribution >= 0.6 is 11.3 Å². The molecule has 128 valence electrons. The van der Waals surface area contributed by atoms with Gasteiger partial charge in [-0.25, -0.2) is 0 Å². The number of benzene rings is 2. The van der Waals surface area contributed by atoms with Crippen molar-refractivity contribution in [2.45, 2.75) is 19.4 Å². The molecule has 1 aromatic heterocycles. The highest BCUT2D eigenvalue weighted by atomic mass is 32.1. The maximum atomic E-state index is 12.2. The van der Waals surface area contributed by atoms with E-state index < -0.39 is 0 Å². The lowest BCUT2D eigenvalue weighted by Gasteiger charge is -2.16. The molecule has 2 amide bonds. The van der Waals surface area contributed by atoms with E-state index in [0.29, 0.717) is 11.4 Å². The van der Waals surface area contributed by atoms with E-state index in [4.69, 9.17) is 0 Å². The first-order valence-electron chi connectivity index (χ1n) is 8.24. The van der Waals surface area contributed by atoms with Crippen molar-refractivity contribution in [2.75, 3.05) is 6.54 Å². The van der Waals surface area contributed by atoms with E-state index in [2.05, 4.69) is 28.8 Å². The van der Waals surface area contributed by atoms with Crippen molar-refractivity contribution >= 4 is 33.9 Å². The molecule has 1 heterocycles. The molecule has 25 heavy (non-hydrogen) atoms. The molecule has 0 saturated carbocycles. The van der Waals surface area contributed by atoms with Crippen LogP contribution in [0.3, 0.4) is 0 Å². The molecule has 0 fully saturated rings. The summed E-state index contributed by atoms with van der Waals surface area (Å²) in [4.78, 5) is 24.7. The predicted octanol–water partition coefficient (Wildman–Crippen LogP) is 3.90. The molecule has 5 heteroatoms. The average Bonchev–Trinajstić information content (AvgIpc) is 3.16. The summed E-state index contributed by atoms with van der Waals surface area (Å²) >= 11 is 1.39. The first-order chi connectivity index (χ1) is 12.1. The summed E-state index contributed by atoms with van der Waals surface area (Å²) in [5.74, 6) is -0.211. The summed E-state index contributed by atoms with van der Waals surface area (Å²) < 4.78 is 0. The van der Waals surface area contributed by atoms with Crippen molar-refractivity contribution < 1.29 is 9.59 Å². The van der Waals surface area contributed by atoms with Crippen LogP contribution in [-0.4, -0.2) is 18.4 Å². The number of thiophene rings is 1. The van der Waals surface area contributed by atoms with Crippen molar-refractivity contribution in [2.24, 2.45) is 0 Å². The molecule has 1 atom stereocenters. The Morgan fingerprint density at radius 2 is 1.84 bits per heavy atom. The SMILES string of the molecule is C[C@H](NC(=O)CCNC(=O)c1cccs1)c1cccc2ccccc12. The van der Waals surface area contributed by atoms with Crippen molar-refractivity contribution in [1.29, 1.82) is 0 Å². The van der Waals surface area contributed by atoms with Crippen LogP contribution in [-0.2, 0) is 4.79 Å². The second-order valence-corrected chi connectivity index (χ2v) is 6.79. The number of hydrogen-bond donors (Lipinski definition) is 2. The number of amides is 2. The summed E-state index contributed by atoms with van der Waals surface area (Å²) in [5, 5.41) is 9.93. The molecule has 0 aliphatic carbocycles. The van der Waals surface area contributed by atoms with Crippen molar-refractivity contribution in [3.05, 3.63) is 70.4 Å². The second-order valence-electron chi connectivity index (χ2n) is 5.84. The maximum Gasteiger partial charge on any atom is 0.261 e. The highest BCUT2D eigenvalue weighted by molar-refractivity contribution is 7.12. The molecule has 0 bridgehead atoms. The molecule has 0 aliphatic rings. The molecule has 0 aliphatic heterocycles. The van der Waals surface area contributed by atoms with Gasteiger partial charge in [0.15, 0.2) is 0 Å². The Morgan fingerprint density at radius 1 is 1.04 bits per heavy atom. The zero-order valence-electron chi connectivity index (χ0n) is 14.0. The van der Waals surface area contributed by atoms with E-state index in [1.165, 1.54) is 11.3 Å². The summed E-state index contributed by atoms with van der Waals surface area (Å²) in [5.41, 5.74) is 1.09. The van der Waals surface area contributed by atoms with E-state index in [1.54, 1.807) is 6.07 Å². The lowest BCUT2D eigenvalue weighted by molar-refractivity contribution is -0.121. The van der Waals surface area contributed by atoms with Gasteiger partial charge in [-0.1, -0.05) is 48.5 Å². The monoisotopic (exact) mass is 352 g/mol. The van der Waals surface area contributed by atoms with Crippen molar-refractivity contribution in [3.8, 4) is 0 Å². The zero-order valence-corrected chi connectivity index (χ0v) is 14.8. The second kappa shape index (κ2) is 7.94. The van der Waals surface area contributed by atoms with Crippen molar-refractivity contribution in [3.63, 3.8) is 0 Å². The van der Waals surface area contributed by atoms with Crippen LogP contribution in [0.25, 0.3) is 10.8 Å². The Bertz CT molecular complexity index is 869. The van der Waals surface area contributed by atoms with Crippen LogP contribution in [0.4, 0.5) is 0 Å². The fourth-order valence-corrected chi connectivity index (χ4v) is 3.44. The van der Waals surface area contributed by atoms with Crippen LogP contribution in [0, 0.1) is 0 Å². The first kappa shape index (κ1) is 17.2. The van der Waals surface area contributed by atoms with Gasteiger partial charge in [0.05, 0.1) is 10.9 Å². The summed E-state index contributed by atoms with van der Waals surface area (Å²) in [6, 6.07) is 17.7. The summed E-state index contributed by atoms with van der Waals surface area (Å²) in [6.45, 7) is 2.30. The molecule has 2 aromatic carbocycles. The molecule has 0 spiro atoms. The lowest BCUT2D eigenvalue weighted by atomic mass is 9.99. The molecular weight excluding hydrogens is 332 g/mol. The van der Waals surface area contributed by atoms with E-state index in [9.17, 15) is 9.59 Å². The summed E-state index contributed by atoms with van der Waals surface area (Å²) in [7, 11) is 0. The van der Waals surface area contributed by atoms with Gasteiger partial charge in [0, 0.05) is 13.0 Å². The largest absolute Gasteiger partial charge is 0.351 e. The van der Waals surface area contributed by atoms with Gasteiger partial charge in [-0.2, -0.15) is 0 Å². The van der Waals surface area contributed by atoms with Crippen LogP contribution in [0.5, 0.6) is 0 Å². The first-order valence-corrected chi connectivity index (χ1v) is 9.12. The number of hydrogen-bond acceptors (Lipinski definition) is 3. The standard InChI is InChI=1S/C20H20N2O2S/c1-14(16-9-4-7-15-6-2-3-8-17(15)16)22-19(23)11-12-21-20(24)18-10-5-13-25-18/h2-10,13-14H,11-12H2,1H3,(H,21,24)(H,22,23)/t14-/m0/s1. The van der Waals surface area contributed by atoms with Gasteiger partial charge >= 0.3 is 0 Å². The van der Waals surface area contributed by atoms with E-state index in [1.807, 2.05) is 42.6 Å². The molecule has 3 rings (SSSR count). The molecular formula is C20H20N2O2S. The van der Waals surface area contributed by atoms with Crippen molar-refractivity contribution in [1.82, 2.24) is 10.6 Å². The van der Waals surface area contributed by atoms with Gasteiger partial charge in [-0.05, 0) is 34.7 Å². The topological polar surface area (TPSA) is 58.2 Å². The smallest absolute Gasteiger partial charge is 0.261 e. The Kier molecular flexibility index (Phi) is 5.46. The van der Waals surface area contributed by atoms with E-state index in [-0.39, 0.29) is 24.3 Å². The Hall–Kier alpha value is -2.66. The fraction of sp³-hybridized carbons (Fsp3) is 0.200. The third kappa shape index (κ3) is 4.25. The highest BCUT2D eigenvalue weighted by Crippen LogP contribution is 2.24. The zero-order chi connectivity index (χ0) is 17.6. The predicted molar refractivity (Wildman–Crippen MR) is 102 cm³/mol. The van der Waals surface area contributed by atoms with E-state index in [0.717, 1.165) is 16.3 Å². The Labute approximate surface area is 150 Å². The third-order valence-electron chi connectivity index (χ3n) is 4.05. The number of fused-ring (bicyclic) bond motifs is 1. The number of rotatable bonds is 6. The van der Waals surface area contributed by atoms with Crippen LogP contribution in [0.2, 0.25) is 0 Å². The van der Waals surface area contributed by atoms with Gasteiger partial charge in [0.25, 0.3) is 5.91 Å². The Morgan fingerprint density at radius 3 is 2.64 bits per heavy atom. The minimum Gasteiger partial charge on any atom is -0.351 e. The van der Waals surface area contributed by atoms with E-state index >= 15 is 0 Å².